The number of benzene rings is 2. The molecule has 1 atom stereocenters. The quantitative estimate of drug-likeness (QED) is 0.717. The lowest BCUT2D eigenvalue weighted by molar-refractivity contribution is -0.274. The molecule has 0 saturated carbocycles. The lowest BCUT2D eigenvalue weighted by Crippen LogP contribution is -2.31. The van der Waals surface area contributed by atoms with Gasteiger partial charge in [-0.1, -0.05) is 18.2 Å². The van der Waals surface area contributed by atoms with Crippen LogP contribution in [0.3, 0.4) is 0 Å². The van der Waals surface area contributed by atoms with E-state index >= 15 is 0 Å². The van der Waals surface area contributed by atoms with Gasteiger partial charge in [-0.05, 0) is 36.8 Å². The van der Waals surface area contributed by atoms with Gasteiger partial charge in [-0.3, -0.25) is 4.79 Å². The molecule has 144 valence electrons. The van der Waals surface area contributed by atoms with Gasteiger partial charge < -0.3 is 20.7 Å². The first-order valence-electron chi connectivity index (χ1n) is 7.93. The normalized spacial score (nSPS) is 12.0. The number of carbonyl (C=O) groups is 2. The molecule has 0 aliphatic rings. The van der Waals surface area contributed by atoms with Gasteiger partial charge in [0.1, 0.15) is 5.75 Å². The minimum atomic E-state index is -4.81. The van der Waals surface area contributed by atoms with Crippen LogP contribution in [0.4, 0.5) is 29.3 Å². The summed E-state index contributed by atoms with van der Waals surface area (Å²) >= 11 is 0. The number of amides is 3. The summed E-state index contributed by atoms with van der Waals surface area (Å²) in [5, 5.41) is 7.76. The number of carbonyl (C=O) groups excluding carboxylic acids is 2. The first kappa shape index (κ1) is 20.1. The minimum absolute atomic E-state index is 0.147. The predicted octanol–water partition coefficient (Wildman–Crippen LogP) is 4.43. The average Bonchev–Trinajstić information content (AvgIpc) is 2.53. The second-order valence-electron chi connectivity index (χ2n) is 5.70. The van der Waals surface area contributed by atoms with Gasteiger partial charge in [-0.15, -0.1) is 13.2 Å². The Hall–Kier alpha value is -3.23. The third-order valence-electron chi connectivity index (χ3n) is 3.38. The molecule has 0 saturated heterocycles. The van der Waals surface area contributed by atoms with E-state index in [0.717, 1.165) is 17.7 Å². The van der Waals surface area contributed by atoms with Crippen molar-refractivity contribution < 1.29 is 27.5 Å². The standard InChI is InChI=1S/C18H18F3N3O3/c1-11(13-5-3-6-14(9-13)23-12(2)25)22-17(26)24-15-7-4-8-16(10-15)27-18(19,20)21/h3-11H,1-2H3,(H,23,25)(H2,22,24,26)/t11-/m1/s1. The number of hydrogen-bond donors (Lipinski definition) is 3. The van der Waals surface area contributed by atoms with E-state index in [4.69, 9.17) is 0 Å². The third-order valence-corrected chi connectivity index (χ3v) is 3.38. The van der Waals surface area contributed by atoms with E-state index in [0.29, 0.717) is 5.69 Å². The summed E-state index contributed by atoms with van der Waals surface area (Å²) in [6, 6.07) is 10.9. The fraction of sp³-hybridized carbons (Fsp3) is 0.222. The van der Waals surface area contributed by atoms with Crippen molar-refractivity contribution >= 4 is 23.3 Å². The zero-order valence-corrected chi connectivity index (χ0v) is 14.6. The van der Waals surface area contributed by atoms with Crippen LogP contribution >= 0.6 is 0 Å². The van der Waals surface area contributed by atoms with Crippen LogP contribution in [0.1, 0.15) is 25.5 Å². The molecule has 27 heavy (non-hydrogen) atoms. The van der Waals surface area contributed by atoms with E-state index < -0.39 is 24.2 Å². The van der Waals surface area contributed by atoms with Crippen molar-refractivity contribution in [3.8, 4) is 5.75 Å². The van der Waals surface area contributed by atoms with Crippen molar-refractivity contribution in [1.29, 1.82) is 0 Å². The predicted molar refractivity (Wildman–Crippen MR) is 94.4 cm³/mol. The highest BCUT2D eigenvalue weighted by atomic mass is 19.4. The zero-order valence-electron chi connectivity index (χ0n) is 14.6. The Morgan fingerprint density at radius 2 is 1.63 bits per heavy atom. The summed E-state index contributed by atoms with van der Waals surface area (Å²) in [6.45, 7) is 3.12. The van der Waals surface area contributed by atoms with Crippen molar-refractivity contribution in [1.82, 2.24) is 5.32 Å². The molecule has 0 spiro atoms. The summed E-state index contributed by atoms with van der Waals surface area (Å²) in [5.41, 5.74) is 1.48. The van der Waals surface area contributed by atoms with Crippen LogP contribution in [0.5, 0.6) is 5.75 Å². The highest BCUT2D eigenvalue weighted by molar-refractivity contribution is 5.90. The molecule has 2 rings (SSSR count). The van der Waals surface area contributed by atoms with Crippen LogP contribution in [-0.4, -0.2) is 18.3 Å². The number of alkyl halides is 3. The average molecular weight is 381 g/mol. The Kier molecular flexibility index (Phi) is 6.27. The smallest absolute Gasteiger partial charge is 0.406 e. The third kappa shape index (κ3) is 6.89. The molecule has 3 N–H and O–H groups in total. The second kappa shape index (κ2) is 8.43. The topological polar surface area (TPSA) is 79.5 Å². The van der Waals surface area contributed by atoms with Crippen molar-refractivity contribution in [2.24, 2.45) is 0 Å². The van der Waals surface area contributed by atoms with Crippen molar-refractivity contribution in [3.05, 3.63) is 54.1 Å². The van der Waals surface area contributed by atoms with Crippen LogP contribution in [0.25, 0.3) is 0 Å². The first-order valence-corrected chi connectivity index (χ1v) is 7.93. The number of halogens is 3. The van der Waals surface area contributed by atoms with Gasteiger partial charge in [0, 0.05) is 24.4 Å². The summed E-state index contributed by atoms with van der Waals surface area (Å²) in [5.74, 6) is -0.650. The van der Waals surface area contributed by atoms with Crippen LogP contribution < -0.4 is 20.7 Å². The van der Waals surface area contributed by atoms with Gasteiger partial charge in [0.2, 0.25) is 5.91 Å². The van der Waals surface area contributed by atoms with E-state index in [1.165, 1.54) is 19.1 Å². The zero-order chi connectivity index (χ0) is 20.0. The van der Waals surface area contributed by atoms with E-state index in [1.807, 2.05) is 0 Å². The number of rotatable bonds is 5. The summed E-state index contributed by atoms with van der Waals surface area (Å²) in [6.07, 6.45) is -4.81. The lowest BCUT2D eigenvalue weighted by Gasteiger charge is -2.16. The number of ether oxygens (including phenoxy) is 1. The first-order chi connectivity index (χ1) is 12.6. The fourth-order valence-electron chi connectivity index (χ4n) is 2.31. The van der Waals surface area contributed by atoms with E-state index in [1.54, 1.807) is 31.2 Å². The van der Waals surface area contributed by atoms with E-state index in [2.05, 4.69) is 20.7 Å². The molecular formula is C18H18F3N3O3. The van der Waals surface area contributed by atoms with Gasteiger partial charge >= 0.3 is 12.4 Å². The number of anilines is 2. The summed E-state index contributed by atoms with van der Waals surface area (Å²) in [4.78, 5) is 23.2. The molecule has 0 aliphatic carbocycles. The minimum Gasteiger partial charge on any atom is -0.406 e. The maximum Gasteiger partial charge on any atom is 0.573 e. The number of nitrogens with one attached hydrogen (secondary N) is 3. The highest BCUT2D eigenvalue weighted by Gasteiger charge is 2.31. The molecular weight excluding hydrogens is 363 g/mol. The van der Waals surface area contributed by atoms with E-state index in [-0.39, 0.29) is 11.6 Å². The number of hydrogen-bond acceptors (Lipinski definition) is 3. The molecule has 0 heterocycles. The lowest BCUT2D eigenvalue weighted by atomic mass is 10.1. The molecule has 0 unspecified atom stereocenters. The van der Waals surface area contributed by atoms with Gasteiger partial charge in [-0.25, -0.2) is 4.79 Å². The molecule has 6 nitrogen and oxygen atoms in total. The Morgan fingerprint density at radius 3 is 2.26 bits per heavy atom. The highest BCUT2D eigenvalue weighted by Crippen LogP contribution is 2.25. The van der Waals surface area contributed by atoms with Gasteiger partial charge in [0.05, 0.1) is 6.04 Å². The maximum absolute atomic E-state index is 12.3. The largest absolute Gasteiger partial charge is 0.573 e. The summed E-state index contributed by atoms with van der Waals surface area (Å²) in [7, 11) is 0. The van der Waals surface area contributed by atoms with Gasteiger partial charge in [0.15, 0.2) is 0 Å². The van der Waals surface area contributed by atoms with Crippen molar-refractivity contribution in [2.45, 2.75) is 26.3 Å². The Morgan fingerprint density at radius 1 is 1.00 bits per heavy atom. The molecule has 3 amide bonds. The molecule has 0 aliphatic heterocycles. The Balaban J connectivity index is 1.99. The van der Waals surface area contributed by atoms with Crippen LogP contribution in [-0.2, 0) is 4.79 Å². The maximum atomic E-state index is 12.3. The Bertz CT molecular complexity index is 825. The van der Waals surface area contributed by atoms with E-state index in [9.17, 15) is 22.8 Å². The molecule has 9 heteroatoms. The van der Waals surface area contributed by atoms with Crippen LogP contribution in [0, 0.1) is 0 Å². The van der Waals surface area contributed by atoms with Gasteiger partial charge in [0.25, 0.3) is 0 Å². The summed E-state index contributed by atoms with van der Waals surface area (Å²) < 4.78 is 40.6. The van der Waals surface area contributed by atoms with Crippen LogP contribution in [0.15, 0.2) is 48.5 Å². The number of urea groups is 1. The molecule has 0 aromatic heterocycles. The Labute approximate surface area is 153 Å². The second-order valence-corrected chi connectivity index (χ2v) is 5.70. The monoisotopic (exact) mass is 381 g/mol. The SMILES string of the molecule is CC(=O)Nc1cccc([C@@H](C)NC(=O)Nc2cccc(OC(F)(F)F)c2)c1. The van der Waals surface area contributed by atoms with Crippen LogP contribution in [0.2, 0.25) is 0 Å². The van der Waals surface area contributed by atoms with Crippen molar-refractivity contribution in [3.63, 3.8) is 0 Å². The molecule has 0 radical (unpaired) electrons. The molecule has 2 aromatic rings. The fourth-order valence-corrected chi connectivity index (χ4v) is 2.31. The van der Waals surface area contributed by atoms with Crippen molar-refractivity contribution in [2.75, 3.05) is 10.6 Å². The molecule has 2 aromatic carbocycles. The van der Waals surface area contributed by atoms with Gasteiger partial charge in [-0.2, -0.15) is 0 Å². The molecule has 0 fully saturated rings. The molecule has 0 bridgehead atoms.